The van der Waals surface area contributed by atoms with Gasteiger partial charge in [0, 0.05) is 39.1 Å². The van der Waals surface area contributed by atoms with Crippen LogP contribution < -0.4 is 10.9 Å². The van der Waals surface area contributed by atoms with Crippen molar-refractivity contribution in [3.05, 3.63) is 22.7 Å². The molecule has 7 heteroatoms. The molecular formula is C15H25N5O2. The van der Waals surface area contributed by atoms with Gasteiger partial charge in [-0.1, -0.05) is 6.92 Å². The lowest BCUT2D eigenvalue weighted by Gasteiger charge is -2.21. The monoisotopic (exact) mass is 307 g/mol. The number of carbonyl (C=O) groups is 1. The fraction of sp³-hybridized carbons (Fsp3) is 0.667. The SMILES string of the molecule is CCCN(C)C[C@@H]1CCN(C(=O)Nc2nccn(C)c2=O)C1. The molecule has 2 rings (SSSR count). The Kier molecular flexibility index (Phi) is 5.54. The van der Waals surface area contributed by atoms with E-state index in [1.807, 2.05) is 0 Å². The van der Waals surface area contributed by atoms with Gasteiger partial charge in [-0.15, -0.1) is 0 Å². The maximum absolute atomic E-state index is 12.2. The summed E-state index contributed by atoms with van der Waals surface area (Å²) in [4.78, 5) is 32.1. The minimum atomic E-state index is -0.297. The molecule has 1 atom stereocenters. The summed E-state index contributed by atoms with van der Waals surface area (Å²) < 4.78 is 1.40. The van der Waals surface area contributed by atoms with Gasteiger partial charge in [0.25, 0.3) is 5.56 Å². The minimum Gasteiger partial charge on any atom is -0.324 e. The normalized spacial score (nSPS) is 18.0. The molecule has 2 amide bonds. The number of hydrogen-bond donors (Lipinski definition) is 1. The molecule has 1 aliphatic rings. The summed E-state index contributed by atoms with van der Waals surface area (Å²) in [5, 5.41) is 2.62. The highest BCUT2D eigenvalue weighted by molar-refractivity contribution is 5.88. The molecule has 0 unspecified atom stereocenters. The van der Waals surface area contributed by atoms with Gasteiger partial charge in [-0.05, 0) is 32.4 Å². The zero-order valence-electron chi connectivity index (χ0n) is 13.6. The molecule has 0 radical (unpaired) electrons. The lowest BCUT2D eigenvalue weighted by molar-refractivity contribution is 0.217. The summed E-state index contributed by atoms with van der Waals surface area (Å²) in [6.07, 6.45) is 5.20. The molecule has 1 aliphatic heterocycles. The van der Waals surface area contributed by atoms with E-state index >= 15 is 0 Å². The highest BCUT2D eigenvalue weighted by Gasteiger charge is 2.27. The van der Waals surface area contributed by atoms with Crippen LogP contribution in [0.15, 0.2) is 17.2 Å². The Hall–Kier alpha value is -1.89. The van der Waals surface area contributed by atoms with Gasteiger partial charge in [0.2, 0.25) is 5.82 Å². The van der Waals surface area contributed by atoms with E-state index < -0.39 is 0 Å². The average molecular weight is 307 g/mol. The Balaban J connectivity index is 1.89. The first kappa shape index (κ1) is 16.5. The van der Waals surface area contributed by atoms with Gasteiger partial charge in [0.05, 0.1) is 0 Å². The number of nitrogens with zero attached hydrogens (tertiary/aromatic N) is 4. The number of likely N-dealkylation sites (tertiary alicyclic amines) is 1. The third-order valence-corrected chi connectivity index (χ3v) is 3.99. The molecule has 0 aliphatic carbocycles. The summed E-state index contributed by atoms with van der Waals surface area (Å²) in [7, 11) is 3.75. The van der Waals surface area contributed by atoms with Gasteiger partial charge in [0.15, 0.2) is 0 Å². The van der Waals surface area contributed by atoms with E-state index in [1.54, 1.807) is 18.1 Å². The summed E-state index contributed by atoms with van der Waals surface area (Å²) in [6.45, 7) is 5.70. The third kappa shape index (κ3) is 4.07. The second-order valence-corrected chi connectivity index (χ2v) is 5.99. The summed E-state index contributed by atoms with van der Waals surface area (Å²) in [6, 6.07) is -0.239. The Morgan fingerprint density at radius 3 is 3.05 bits per heavy atom. The molecule has 1 aromatic heterocycles. The van der Waals surface area contributed by atoms with Crippen molar-refractivity contribution < 1.29 is 4.79 Å². The fourth-order valence-corrected chi connectivity index (χ4v) is 2.84. The lowest BCUT2D eigenvalue weighted by atomic mass is 10.1. The van der Waals surface area contributed by atoms with E-state index in [-0.39, 0.29) is 17.4 Å². The van der Waals surface area contributed by atoms with Crippen LogP contribution in [0.3, 0.4) is 0 Å². The Morgan fingerprint density at radius 1 is 1.55 bits per heavy atom. The summed E-state index contributed by atoms with van der Waals surface area (Å²) in [5.41, 5.74) is -0.297. The predicted molar refractivity (Wildman–Crippen MR) is 86.0 cm³/mol. The number of urea groups is 1. The number of rotatable bonds is 5. The first-order valence-electron chi connectivity index (χ1n) is 7.77. The maximum atomic E-state index is 12.2. The van der Waals surface area contributed by atoms with Gasteiger partial charge >= 0.3 is 6.03 Å². The fourth-order valence-electron chi connectivity index (χ4n) is 2.84. The molecule has 0 bridgehead atoms. The first-order valence-corrected chi connectivity index (χ1v) is 7.77. The second kappa shape index (κ2) is 7.40. The van der Waals surface area contributed by atoms with Gasteiger partial charge in [-0.25, -0.2) is 9.78 Å². The van der Waals surface area contributed by atoms with Crippen molar-refractivity contribution in [2.45, 2.75) is 19.8 Å². The minimum absolute atomic E-state index is 0.0848. The van der Waals surface area contributed by atoms with Crippen LogP contribution in [0, 0.1) is 5.92 Å². The van der Waals surface area contributed by atoms with E-state index in [2.05, 4.69) is 29.2 Å². The van der Waals surface area contributed by atoms with E-state index in [1.165, 1.54) is 10.8 Å². The Morgan fingerprint density at radius 2 is 2.32 bits per heavy atom. The molecule has 0 saturated carbocycles. The van der Waals surface area contributed by atoms with E-state index in [9.17, 15) is 9.59 Å². The molecule has 1 saturated heterocycles. The summed E-state index contributed by atoms with van der Waals surface area (Å²) in [5.74, 6) is 0.579. The van der Waals surface area contributed by atoms with Crippen LogP contribution >= 0.6 is 0 Å². The van der Waals surface area contributed by atoms with Crippen molar-refractivity contribution in [1.82, 2.24) is 19.4 Å². The van der Waals surface area contributed by atoms with Gasteiger partial charge in [-0.3, -0.25) is 10.1 Å². The van der Waals surface area contributed by atoms with Crippen LogP contribution in [0.4, 0.5) is 10.6 Å². The number of aromatic nitrogens is 2. The molecule has 0 aromatic carbocycles. The molecule has 7 nitrogen and oxygen atoms in total. The molecule has 1 aromatic rings. The highest BCUT2D eigenvalue weighted by Crippen LogP contribution is 2.17. The summed E-state index contributed by atoms with van der Waals surface area (Å²) >= 11 is 0. The van der Waals surface area contributed by atoms with Gasteiger partial charge < -0.3 is 14.4 Å². The molecular weight excluding hydrogens is 282 g/mol. The van der Waals surface area contributed by atoms with Crippen molar-refractivity contribution in [2.24, 2.45) is 13.0 Å². The van der Waals surface area contributed by atoms with Crippen LogP contribution in [0.25, 0.3) is 0 Å². The van der Waals surface area contributed by atoms with Crippen LogP contribution in [0.1, 0.15) is 19.8 Å². The van der Waals surface area contributed by atoms with E-state index in [0.717, 1.165) is 39.0 Å². The smallest absolute Gasteiger partial charge is 0.323 e. The van der Waals surface area contributed by atoms with Crippen molar-refractivity contribution in [3.8, 4) is 0 Å². The second-order valence-electron chi connectivity index (χ2n) is 5.99. The van der Waals surface area contributed by atoms with Crippen LogP contribution in [-0.2, 0) is 7.05 Å². The zero-order valence-corrected chi connectivity index (χ0v) is 13.6. The lowest BCUT2D eigenvalue weighted by Crippen LogP contribution is -2.36. The van der Waals surface area contributed by atoms with E-state index in [4.69, 9.17) is 0 Å². The maximum Gasteiger partial charge on any atom is 0.323 e. The molecule has 122 valence electrons. The van der Waals surface area contributed by atoms with Crippen molar-refractivity contribution in [3.63, 3.8) is 0 Å². The van der Waals surface area contributed by atoms with Crippen LogP contribution in [0.2, 0.25) is 0 Å². The molecule has 2 heterocycles. The van der Waals surface area contributed by atoms with Crippen LogP contribution in [0.5, 0.6) is 0 Å². The Labute approximate surface area is 130 Å². The topological polar surface area (TPSA) is 70.5 Å². The van der Waals surface area contributed by atoms with Gasteiger partial charge in [0.1, 0.15) is 0 Å². The standard InChI is InChI=1S/C15H25N5O2/c1-4-7-18(2)10-12-5-8-20(11-12)15(22)17-13-14(21)19(3)9-6-16-13/h6,9,12H,4-5,7-8,10-11H2,1-3H3,(H,16,17,22)/t12-/m0/s1. The Bertz CT molecular complexity index is 571. The number of hydrogen-bond acceptors (Lipinski definition) is 4. The first-order chi connectivity index (χ1) is 10.5. The molecule has 1 fully saturated rings. The molecule has 1 N–H and O–H groups in total. The number of nitrogens with one attached hydrogen (secondary N) is 1. The molecule has 22 heavy (non-hydrogen) atoms. The van der Waals surface area contributed by atoms with Crippen molar-refractivity contribution >= 4 is 11.8 Å². The predicted octanol–water partition coefficient (Wildman–Crippen LogP) is 0.976. The number of anilines is 1. The van der Waals surface area contributed by atoms with Crippen molar-refractivity contribution in [2.75, 3.05) is 38.5 Å². The number of amides is 2. The number of aryl methyl sites for hydroxylation is 1. The van der Waals surface area contributed by atoms with E-state index in [0.29, 0.717) is 5.92 Å². The largest absolute Gasteiger partial charge is 0.324 e. The third-order valence-electron chi connectivity index (χ3n) is 3.99. The van der Waals surface area contributed by atoms with Crippen molar-refractivity contribution in [1.29, 1.82) is 0 Å². The average Bonchev–Trinajstić information content (AvgIpc) is 2.92. The highest BCUT2D eigenvalue weighted by atomic mass is 16.2. The van der Waals surface area contributed by atoms with Gasteiger partial charge in [-0.2, -0.15) is 0 Å². The number of carbonyl (C=O) groups excluding carboxylic acids is 1. The molecule has 0 spiro atoms. The van der Waals surface area contributed by atoms with Crippen LogP contribution in [-0.4, -0.2) is 58.6 Å². The quantitative estimate of drug-likeness (QED) is 0.880. The zero-order chi connectivity index (χ0) is 16.1.